The lowest BCUT2D eigenvalue weighted by atomic mass is 9.97. The van der Waals surface area contributed by atoms with Gasteiger partial charge in [-0.05, 0) is 54.0 Å². The summed E-state index contributed by atoms with van der Waals surface area (Å²) in [7, 11) is -4.21. The number of phenolic OH excluding ortho intramolecular Hbond substituents is 1. The molecule has 8 nitrogen and oxygen atoms in total. The predicted molar refractivity (Wildman–Crippen MR) is 107 cm³/mol. The van der Waals surface area contributed by atoms with Crippen LogP contribution in [0.15, 0.2) is 30.6 Å². The third-order valence-corrected chi connectivity index (χ3v) is 7.49. The highest BCUT2D eigenvalue weighted by atomic mass is 32.2. The maximum absolute atomic E-state index is 15.4. The summed E-state index contributed by atoms with van der Waals surface area (Å²) in [4.78, 5) is 17.7. The van der Waals surface area contributed by atoms with Gasteiger partial charge < -0.3 is 5.11 Å². The Morgan fingerprint density at radius 1 is 1.27 bits per heavy atom. The summed E-state index contributed by atoms with van der Waals surface area (Å²) in [6, 6.07) is 5.47. The predicted octanol–water partition coefficient (Wildman–Crippen LogP) is 1.27. The number of hydrogen-bond acceptors (Lipinski definition) is 6. The second-order valence-electron chi connectivity index (χ2n) is 8.10. The molecule has 158 valence electrons. The molecule has 2 unspecified atom stereocenters. The summed E-state index contributed by atoms with van der Waals surface area (Å²) in [6.45, 7) is 1.35. The number of hydrogen-bond donors (Lipinski definition) is 2. The van der Waals surface area contributed by atoms with Crippen LogP contribution in [0, 0.1) is 11.7 Å². The van der Waals surface area contributed by atoms with Crippen LogP contribution >= 0.6 is 0 Å². The number of amides is 1. The van der Waals surface area contributed by atoms with Crippen LogP contribution in [0.5, 0.6) is 5.75 Å². The lowest BCUT2D eigenvalue weighted by Gasteiger charge is -2.31. The van der Waals surface area contributed by atoms with Crippen molar-refractivity contribution in [2.45, 2.75) is 25.3 Å². The highest BCUT2D eigenvalue weighted by molar-refractivity contribution is 7.92. The molecule has 2 aliphatic heterocycles. The van der Waals surface area contributed by atoms with Crippen LogP contribution in [-0.2, 0) is 28.0 Å². The van der Waals surface area contributed by atoms with Crippen LogP contribution in [0.25, 0.3) is 0 Å². The number of fused-ring (bicyclic) bond motifs is 1. The number of nitrogens with one attached hydrogen (secondary N) is 1. The van der Waals surface area contributed by atoms with Gasteiger partial charge in [0.1, 0.15) is 18.0 Å². The van der Waals surface area contributed by atoms with Gasteiger partial charge in [0.05, 0.1) is 0 Å². The van der Waals surface area contributed by atoms with Gasteiger partial charge in [0, 0.05) is 37.6 Å². The Hall–Kier alpha value is -2.72. The van der Waals surface area contributed by atoms with Crippen molar-refractivity contribution >= 4 is 21.8 Å². The molecule has 5 rings (SSSR count). The number of phenols is 1. The molecule has 2 aromatic rings. The monoisotopic (exact) mass is 432 g/mol. The number of rotatable bonds is 4. The molecule has 30 heavy (non-hydrogen) atoms. The maximum Gasteiger partial charge on any atom is 0.326 e. The minimum atomic E-state index is -4.21. The van der Waals surface area contributed by atoms with Crippen molar-refractivity contribution in [1.29, 1.82) is 0 Å². The first-order valence-corrected chi connectivity index (χ1v) is 11.3. The van der Waals surface area contributed by atoms with E-state index in [9.17, 15) is 18.3 Å². The zero-order valence-electron chi connectivity index (χ0n) is 16.1. The Labute approximate surface area is 173 Å². The van der Waals surface area contributed by atoms with Crippen LogP contribution in [0.4, 0.5) is 10.1 Å². The van der Waals surface area contributed by atoms with Crippen molar-refractivity contribution < 1.29 is 22.7 Å². The number of halogens is 1. The maximum atomic E-state index is 15.4. The molecule has 1 aliphatic carbocycles. The highest BCUT2D eigenvalue weighted by Gasteiger charge is 2.41. The van der Waals surface area contributed by atoms with Gasteiger partial charge in [0.25, 0.3) is 5.91 Å². The zero-order chi connectivity index (χ0) is 21.0. The molecule has 1 amide bonds. The van der Waals surface area contributed by atoms with Crippen LogP contribution in [-0.4, -0.2) is 48.9 Å². The topological polar surface area (TPSA) is 103 Å². The molecule has 1 saturated carbocycles. The summed E-state index contributed by atoms with van der Waals surface area (Å²) < 4.78 is 42.0. The molecule has 2 fully saturated rings. The Bertz CT molecular complexity index is 1130. The first-order chi connectivity index (χ1) is 14.3. The molecular formula is C20H21FN4O4S. The largest absolute Gasteiger partial charge is 0.506 e. The van der Waals surface area contributed by atoms with Crippen molar-refractivity contribution in [2.75, 3.05) is 23.9 Å². The number of aromatic hydroxyl groups is 1. The van der Waals surface area contributed by atoms with E-state index in [1.165, 1.54) is 11.6 Å². The molecule has 3 aliphatic rings. The third-order valence-electron chi connectivity index (χ3n) is 6.11. The molecule has 0 radical (unpaired) electrons. The Kier molecular flexibility index (Phi) is 4.44. The van der Waals surface area contributed by atoms with Gasteiger partial charge >= 0.3 is 10.2 Å². The molecule has 2 N–H and O–H groups in total. The summed E-state index contributed by atoms with van der Waals surface area (Å²) in [6.07, 6.45) is 5.22. The Morgan fingerprint density at radius 2 is 2.03 bits per heavy atom. The second-order valence-corrected chi connectivity index (χ2v) is 9.70. The summed E-state index contributed by atoms with van der Waals surface area (Å²) >= 11 is 0. The smallest absolute Gasteiger partial charge is 0.326 e. The van der Waals surface area contributed by atoms with E-state index in [1.54, 1.807) is 17.1 Å². The fourth-order valence-electron chi connectivity index (χ4n) is 4.53. The molecule has 2 atom stereocenters. The number of carbonyl (C=O) groups excluding carboxylic acids is 1. The standard InChI is InChI=1S/C20H21FN4O4S/c21-19-16-10-24(9-14-7-15(14)12-1-4-22-5-2-12)6-3-13(16)8-17(26)20(19)25-11-18(27)23-30(25,28)29/h1-2,4-5,8,14-15,26H,3,6-7,9-11H2,(H,23,27). The average molecular weight is 432 g/mol. The Morgan fingerprint density at radius 3 is 2.73 bits per heavy atom. The first kappa shape index (κ1) is 19.3. The second kappa shape index (κ2) is 6.92. The molecular weight excluding hydrogens is 411 g/mol. The lowest BCUT2D eigenvalue weighted by molar-refractivity contribution is -0.117. The van der Waals surface area contributed by atoms with Gasteiger partial charge in [0.2, 0.25) is 0 Å². The molecule has 3 heterocycles. The normalized spacial score (nSPS) is 25.1. The number of carbonyl (C=O) groups is 1. The van der Waals surface area contributed by atoms with Crippen molar-refractivity contribution in [2.24, 2.45) is 5.92 Å². The number of aromatic nitrogens is 1. The lowest BCUT2D eigenvalue weighted by Crippen LogP contribution is -2.34. The van der Waals surface area contributed by atoms with Gasteiger partial charge in [-0.15, -0.1) is 0 Å². The fraction of sp³-hybridized carbons (Fsp3) is 0.400. The van der Waals surface area contributed by atoms with Crippen molar-refractivity contribution in [1.82, 2.24) is 14.6 Å². The fourth-order valence-corrected chi connectivity index (χ4v) is 5.69. The summed E-state index contributed by atoms with van der Waals surface area (Å²) in [5.74, 6) is -1.03. The van der Waals surface area contributed by atoms with Gasteiger partial charge in [-0.25, -0.2) is 13.4 Å². The van der Waals surface area contributed by atoms with E-state index in [2.05, 4.69) is 9.88 Å². The average Bonchev–Trinajstić information content (AvgIpc) is 3.41. The van der Waals surface area contributed by atoms with E-state index in [-0.39, 0.29) is 0 Å². The number of nitrogens with zero attached hydrogens (tertiary/aromatic N) is 3. The number of pyridine rings is 1. The van der Waals surface area contributed by atoms with Crippen molar-refractivity contribution in [3.8, 4) is 5.75 Å². The summed E-state index contributed by atoms with van der Waals surface area (Å²) in [5.41, 5.74) is 1.85. The molecule has 1 aromatic heterocycles. The minimum Gasteiger partial charge on any atom is -0.506 e. The molecule has 1 saturated heterocycles. The zero-order valence-corrected chi connectivity index (χ0v) is 16.9. The minimum absolute atomic E-state index is 0.337. The highest BCUT2D eigenvalue weighted by Crippen LogP contribution is 2.48. The first-order valence-electron chi connectivity index (χ1n) is 9.82. The molecule has 0 spiro atoms. The van der Waals surface area contributed by atoms with E-state index >= 15 is 4.39 Å². The SMILES string of the molecule is O=C1CN(c2c(O)cc3c(c2F)CN(CC2CC2c2ccncc2)CC3)S(=O)(=O)N1. The van der Waals surface area contributed by atoms with E-state index < -0.39 is 39.9 Å². The Balaban J connectivity index is 1.37. The van der Waals surface area contributed by atoms with Gasteiger partial charge in [-0.2, -0.15) is 8.42 Å². The van der Waals surface area contributed by atoms with Gasteiger partial charge in [-0.1, -0.05) is 0 Å². The third kappa shape index (κ3) is 3.29. The van der Waals surface area contributed by atoms with Crippen molar-refractivity contribution in [3.05, 3.63) is 53.1 Å². The molecule has 10 heteroatoms. The molecule has 1 aromatic carbocycles. The van der Waals surface area contributed by atoms with E-state index in [0.717, 1.165) is 19.5 Å². The van der Waals surface area contributed by atoms with Crippen LogP contribution < -0.4 is 9.03 Å². The van der Waals surface area contributed by atoms with Crippen LogP contribution in [0.1, 0.15) is 29.0 Å². The van der Waals surface area contributed by atoms with E-state index in [1.807, 2.05) is 12.1 Å². The number of benzene rings is 1. The van der Waals surface area contributed by atoms with Gasteiger partial charge in [-0.3, -0.25) is 14.7 Å². The van der Waals surface area contributed by atoms with Gasteiger partial charge in [0.15, 0.2) is 5.82 Å². The van der Waals surface area contributed by atoms with Crippen LogP contribution in [0.3, 0.4) is 0 Å². The van der Waals surface area contributed by atoms with Crippen LogP contribution in [0.2, 0.25) is 0 Å². The number of anilines is 1. The van der Waals surface area contributed by atoms with E-state index in [4.69, 9.17) is 0 Å². The quantitative estimate of drug-likeness (QED) is 0.754. The summed E-state index contributed by atoms with van der Waals surface area (Å²) in [5, 5.41) is 10.3. The van der Waals surface area contributed by atoms with Crippen molar-refractivity contribution in [3.63, 3.8) is 0 Å². The van der Waals surface area contributed by atoms with E-state index in [0.29, 0.717) is 40.2 Å². The molecule has 0 bridgehead atoms.